The minimum atomic E-state index is -0.219. The van der Waals surface area contributed by atoms with Crippen molar-refractivity contribution in [2.45, 2.75) is 6.92 Å². The highest BCUT2D eigenvalue weighted by atomic mass is 127. The molecule has 2 rings (SSSR count). The molecule has 0 bridgehead atoms. The predicted octanol–water partition coefficient (Wildman–Crippen LogP) is 4.63. The van der Waals surface area contributed by atoms with E-state index >= 15 is 0 Å². The van der Waals surface area contributed by atoms with Crippen LogP contribution in [0.5, 0.6) is 11.5 Å². The van der Waals surface area contributed by atoms with Crippen molar-refractivity contribution in [3.63, 3.8) is 0 Å². The number of halogens is 2. The molecule has 22 heavy (non-hydrogen) atoms. The lowest BCUT2D eigenvalue weighted by molar-refractivity contribution is 0.102. The molecular weight excluding hydrogens is 461 g/mol. The first-order chi connectivity index (χ1) is 10.5. The van der Waals surface area contributed by atoms with Gasteiger partial charge >= 0.3 is 0 Å². The van der Waals surface area contributed by atoms with E-state index in [1.807, 2.05) is 25.1 Å². The van der Waals surface area contributed by atoms with Crippen LogP contribution in [0.1, 0.15) is 15.9 Å². The second kappa shape index (κ2) is 7.32. The van der Waals surface area contributed by atoms with E-state index in [9.17, 15) is 4.79 Å². The normalized spacial score (nSPS) is 10.2. The van der Waals surface area contributed by atoms with Crippen LogP contribution >= 0.6 is 38.5 Å². The summed E-state index contributed by atoms with van der Waals surface area (Å²) in [5, 5.41) is 2.88. The lowest BCUT2D eigenvalue weighted by Crippen LogP contribution is -2.12. The summed E-state index contributed by atoms with van der Waals surface area (Å²) in [5.74, 6) is 0.870. The van der Waals surface area contributed by atoms with Crippen molar-refractivity contribution in [3.05, 3.63) is 49.5 Å². The van der Waals surface area contributed by atoms with Gasteiger partial charge in [0.1, 0.15) is 16.0 Å². The van der Waals surface area contributed by atoms with Gasteiger partial charge in [-0.05, 0) is 75.3 Å². The van der Waals surface area contributed by atoms with Gasteiger partial charge in [0.15, 0.2) is 0 Å². The van der Waals surface area contributed by atoms with E-state index in [4.69, 9.17) is 9.47 Å². The molecule has 0 radical (unpaired) electrons. The Hall–Kier alpha value is -1.28. The Kier molecular flexibility index (Phi) is 5.69. The van der Waals surface area contributed by atoms with E-state index in [1.54, 1.807) is 26.4 Å². The lowest BCUT2D eigenvalue weighted by atomic mass is 10.1. The zero-order valence-corrected chi connectivity index (χ0v) is 16.1. The fourth-order valence-electron chi connectivity index (χ4n) is 1.87. The summed E-state index contributed by atoms with van der Waals surface area (Å²) >= 11 is 5.63. The molecule has 0 heterocycles. The maximum Gasteiger partial charge on any atom is 0.255 e. The third-order valence-electron chi connectivity index (χ3n) is 3.14. The molecule has 0 aliphatic rings. The van der Waals surface area contributed by atoms with Gasteiger partial charge in [-0.1, -0.05) is 6.07 Å². The van der Waals surface area contributed by atoms with E-state index in [1.165, 1.54) is 5.56 Å². The average Bonchev–Trinajstić information content (AvgIpc) is 2.51. The monoisotopic (exact) mass is 475 g/mol. The molecule has 1 amide bonds. The number of amides is 1. The number of hydrogen-bond acceptors (Lipinski definition) is 3. The van der Waals surface area contributed by atoms with Gasteiger partial charge in [-0.2, -0.15) is 0 Å². The first-order valence-corrected chi connectivity index (χ1v) is 8.32. The molecule has 0 aromatic heterocycles. The van der Waals surface area contributed by atoms with Crippen LogP contribution in [0.15, 0.2) is 34.8 Å². The number of methoxy groups -OCH3 is 2. The van der Waals surface area contributed by atoms with Crippen molar-refractivity contribution >= 4 is 50.1 Å². The summed E-state index contributed by atoms with van der Waals surface area (Å²) in [4.78, 5) is 12.4. The molecule has 2 aromatic rings. The van der Waals surface area contributed by atoms with Crippen LogP contribution in [0.2, 0.25) is 0 Å². The molecule has 0 spiro atoms. The minimum absolute atomic E-state index is 0.219. The lowest BCUT2D eigenvalue weighted by Gasteiger charge is -2.12. The van der Waals surface area contributed by atoms with Crippen molar-refractivity contribution in [2.75, 3.05) is 19.5 Å². The largest absolute Gasteiger partial charge is 0.495 e. The quantitative estimate of drug-likeness (QED) is 0.655. The molecule has 4 nitrogen and oxygen atoms in total. The zero-order chi connectivity index (χ0) is 16.3. The van der Waals surface area contributed by atoms with Gasteiger partial charge in [-0.3, -0.25) is 4.79 Å². The Morgan fingerprint density at radius 2 is 1.73 bits per heavy atom. The molecule has 0 saturated carbocycles. The molecule has 0 fully saturated rings. The van der Waals surface area contributed by atoms with Gasteiger partial charge in [-0.15, -0.1) is 0 Å². The molecule has 0 saturated heterocycles. The topological polar surface area (TPSA) is 47.6 Å². The van der Waals surface area contributed by atoms with Crippen molar-refractivity contribution < 1.29 is 14.3 Å². The number of aryl methyl sites for hydroxylation is 1. The molecule has 116 valence electrons. The summed E-state index contributed by atoms with van der Waals surface area (Å²) in [5.41, 5.74) is 2.39. The SMILES string of the molecule is COc1cc(C(=O)Nc2ccc(C)c(I)c2)cc(OC)c1Br. The summed E-state index contributed by atoms with van der Waals surface area (Å²) in [6.07, 6.45) is 0. The van der Waals surface area contributed by atoms with E-state index in [2.05, 4.69) is 43.8 Å². The number of carbonyl (C=O) groups excluding carboxylic acids is 1. The molecular formula is C16H15BrINO3. The maximum absolute atomic E-state index is 12.4. The molecule has 1 N–H and O–H groups in total. The third-order valence-corrected chi connectivity index (χ3v) is 5.08. The highest BCUT2D eigenvalue weighted by Crippen LogP contribution is 2.35. The molecule has 0 aliphatic carbocycles. The number of anilines is 1. The number of nitrogens with one attached hydrogen (secondary N) is 1. The number of carbonyl (C=O) groups is 1. The zero-order valence-electron chi connectivity index (χ0n) is 12.4. The number of rotatable bonds is 4. The smallest absolute Gasteiger partial charge is 0.255 e. The fourth-order valence-corrected chi connectivity index (χ4v) is 2.94. The minimum Gasteiger partial charge on any atom is -0.495 e. The van der Waals surface area contributed by atoms with Crippen LogP contribution < -0.4 is 14.8 Å². The Morgan fingerprint density at radius 3 is 2.23 bits per heavy atom. The van der Waals surface area contributed by atoms with Gasteiger partial charge in [0.05, 0.1) is 14.2 Å². The average molecular weight is 476 g/mol. The second-order valence-corrected chi connectivity index (χ2v) is 6.57. The van der Waals surface area contributed by atoms with Gasteiger partial charge in [-0.25, -0.2) is 0 Å². The maximum atomic E-state index is 12.4. The van der Waals surface area contributed by atoms with Crippen LogP contribution in [-0.2, 0) is 0 Å². The van der Waals surface area contributed by atoms with Crippen LogP contribution in [0.4, 0.5) is 5.69 Å². The molecule has 0 unspecified atom stereocenters. The predicted molar refractivity (Wildman–Crippen MR) is 99.1 cm³/mol. The Bertz CT molecular complexity index is 694. The van der Waals surface area contributed by atoms with E-state index < -0.39 is 0 Å². The molecule has 0 aliphatic heterocycles. The summed E-state index contributed by atoms with van der Waals surface area (Å²) in [6, 6.07) is 9.12. The fraction of sp³-hybridized carbons (Fsp3) is 0.188. The summed E-state index contributed by atoms with van der Waals surface area (Å²) in [7, 11) is 3.09. The van der Waals surface area contributed by atoms with Crippen LogP contribution in [0, 0.1) is 10.5 Å². The van der Waals surface area contributed by atoms with Crippen molar-refractivity contribution in [1.82, 2.24) is 0 Å². The number of benzene rings is 2. The first kappa shape index (κ1) is 17.1. The standard InChI is InChI=1S/C16H15BrINO3/c1-9-4-5-11(8-12(9)18)19-16(20)10-6-13(21-2)15(17)14(7-10)22-3/h4-8H,1-3H3,(H,19,20). The molecule has 6 heteroatoms. The molecule has 0 atom stereocenters. The highest BCUT2D eigenvalue weighted by molar-refractivity contribution is 14.1. The van der Waals surface area contributed by atoms with Crippen molar-refractivity contribution in [2.24, 2.45) is 0 Å². The van der Waals surface area contributed by atoms with E-state index in [0.29, 0.717) is 21.5 Å². The van der Waals surface area contributed by atoms with Crippen LogP contribution in [0.25, 0.3) is 0 Å². The van der Waals surface area contributed by atoms with E-state index in [-0.39, 0.29) is 5.91 Å². The highest BCUT2D eigenvalue weighted by Gasteiger charge is 2.15. The van der Waals surface area contributed by atoms with Gasteiger partial charge in [0, 0.05) is 14.8 Å². The first-order valence-electron chi connectivity index (χ1n) is 6.45. The molecule has 2 aromatic carbocycles. The number of ether oxygens (including phenoxy) is 2. The number of hydrogen-bond donors (Lipinski definition) is 1. The summed E-state index contributed by atoms with van der Waals surface area (Å²) < 4.78 is 12.3. The second-order valence-electron chi connectivity index (χ2n) is 4.61. The van der Waals surface area contributed by atoms with Crippen LogP contribution in [0.3, 0.4) is 0 Å². The third kappa shape index (κ3) is 3.73. The Morgan fingerprint density at radius 1 is 1.14 bits per heavy atom. The van der Waals surface area contributed by atoms with Gasteiger partial charge in [0.2, 0.25) is 0 Å². The van der Waals surface area contributed by atoms with E-state index in [0.717, 1.165) is 9.26 Å². The van der Waals surface area contributed by atoms with Crippen molar-refractivity contribution in [3.8, 4) is 11.5 Å². The van der Waals surface area contributed by atoms with Gasteiger partial charge < -0.3 is 14.8 Å². The van der Waals surface area contributed by atoms with Crippen molar-refractivity contribution in [1.29, 1.82) is 0 Å². The van der Waals surface area contributed by atoms with Crippen LogP contribution in [-0.4, -0.2) is 20.1 Å². The Labute approximate surface area is 151 Å². The Balaban J connectivity index is 2.31. The summed E-state index contributed by atoms with van der Waals surface area (Å²) in [6.45, 7) is 2.03. The van der Waals surface area contributed by atoms with Gasteiger partial charge in [0.25, 0.3) is 5.91 Å².